The lowest BCUT2D eigenvalue weighted by molar-refractivity contribution is -0.126. The van der Waals surface area contributed by atoms with E-state index < -0.39 is 6.10 Å². The van der Waals surface area contributed by atoms with Gasteiger partial charge in [-0.25, -0.2) is 4.98 Å². The highest BCUT2D eigenvalue weighted by atomic mass is 32.1. The van der Waals surface area contributed by atoms with E-state index in [-0.39, 0.29) is 5.91 Å². The molecular weight excluding hydrogens is 284 g/mol. The SMILES string of the molecule is C[C@@H](OCC1CC1)C(=O)Nc1ccc(-c2nccs2)cc1. The molecule has 1 saturated carbocycles. The lowest BCUT2D eigenvalue weighted by Crippen LogP contribution is -2.28. The summed E-state index contributed by atoms with van der Waals surface area (Å²) < 4.78 is 5.56. The zero-order valence-electron chi connectivity index (χ0n) is 11.9. The van der Waals surface area contributed by atoms with E-state index in [9.17, 15) is 4.79 Å². The highest BCUT2D eigenvalue weighted by Crippen LogP contribution is 2.29. The van der Waals surface area contributed by atoms with Gasteiger partial charge in [-0.2, -0.15) is 0 Å². The summed E-state index contributed by atoms with van der Waals surface area (Å²) in [5, 5.41) is 5.81. The molecule has 1 amide bonds. The monoisotopic (exact) mass is 302 g/mol. The van der Waals surface area contributed by atoms with Crippen molar-refractivity contribution in [2.45, 2.75) is 25.9 Å². The van der Waals surface area contributed by atoms with Crippen molar-refractivity contribution in [1.29, 1.82) is 0 Å². The Morgan fingerprint density at radius 3 is 2.81 bits per heavy atom. The fourth-order valence-electron chi connectivity index (χ4n) is 1.95. The van der Waals surface area contributed by atoms with Gasteiger partial charge in [-0.3, -0.25) is 4.79 Å². The first-order chi connectivity index (χ1) is 10.2. The standard InChI is InChI=1S/C16H18N2O2S/c1-11(20-10-12-2-3-12)15(19)18-14-6-4-13(5-7-14)16-17-8-9-21-16/h4-9,11-12H,2-3,10H2,1H3,(H,18,19)/t11-/m1/s1. The first-order valence-corrected chi connectivity index (χ1v) is 8.03. The van der Waals surface area contributed by atoms with E-state index in [0.29, 0.717) is 12.5 Å². The second-order valence-corrected chi connectivity index (χ2v) is 6.22. The number of anilines is 1. The van der Waals surface area contributed by atoms with Crippen LogP contribution in [0.2, 0.25) is 0 Å². The van der Waals surface area contributed by atoms with Crippen LogP contribution in [0.5, 0.6) is 0 Å². The molecule has 1 aromatic carbocycles. The van der Waals surface area contributed by atoms with Gasteiger partial charge in [0.05, 0.1) is 6.61 Å². The molecule has 1 atom stereocenters. The summed E-state index contributed by atoms with van der Waals surface area (Å²) >= 11 is 1.60. The van der Waals surface area contributed by atoms with Crippen LogP contribution in [0.3, 0.4) is 0 Å². The minimum atomic E-state index is -0.413. The number of carbonyl (C=O) groups excluding carboxylic acids is 1. The van der Waals surface area contributed by atoms with Crippen molar-refractivity contribution in [1.82, 2.24) is 4.98 Å². The largest absolute Gasteiger partial charge is 0.368 e. The van der Waals surface area contributed by atoms with Gasteiger partial charge in [0.2, 0.25) is 0 Å². The van der Waals surface area contributed by atoms with Gasteiger partial charge >= 0.3 is 0 Å². The highest BCUT2D eigenvalue weighted by Gasteiger charge is 2.24. The number of benzene rings is 1. The quantitative estimate of drug-likeness (QED) is 0.887. The number of nitrogens with zero attached hydrogens (tertiary/aromatic N) is 1. The Balaban J connectivity index is 1.55. The smallest absolute Gasteiger partial charge is 0.253 e. The third-order valence-electron chi connectivity index (χ3n) is 3.48. The fraction of sp³-hybridized carbons (Fsp3) is 0.375. The number of ether oxygens (including phenoxy) is 1. The maximum atomic E-state index is 12.0. The molecule has 5 heteroatoms. The molecule has 1 heterocycles. The molecule has 0 radical (unpaired) electrons. The van der Waals surface area contributed by atoms with Crippen LogP contribution < -0.4 is 5.32 Å². The van der Waals surface area contributed by atoms with Crippen LogP contribution in [0.1, 0.15) is 19.8 Å². The number of hydrogen-bond acceptors (Lipinski definition) is 4. The van der Waals surface area contributed by atoms with Gasteiger partial charge in [-0.1, -0.05) is 0 Å². The zero-order chi connectivity index (χ0) is 14.7. The average molecular weight is 302 g/mol. The molecule has 0 saturated heterocycles. The third-order valence-corrected chi connectivity index (χ3v) is 4.30. The van der Waals surface area contributed by atoms with E-state index >= 15 is 0 Å². The van der Waals surface area contributed by atoms with Crippen molar-refractivity contribution >= 4 is 22.9 Å². The van der Waals surface area contributed by atoms with Crippen molar-refractivity contribution in [2.75, 3.05) is 11.9 Å². The molecule has 0 bridgehead atoms. The first kappa shape index (κ1) is 14.2. The van der Waals surface area contributed by atoms with Crippen molar-refractivity contribution in [2.24, 2.45) is 5.92 Å². The number of nitrogens with one attached hydrogen (secondary N) is 1. The Bertz CT molecular complexity index is 591. The maximum absolute atomic E-state index is 12.0. The molecular formula is C16H18N2O2S. The topological polar surface area (TPSA) is 51.2 Å². The molecule has 4 nitrogen and oxygen atoms in total. The van der Waals surface area contributed by atoms with Crippen molar-refractivity contribution in [3.8, 4) is 10.6 Å². The Kier molecular flexibility index (Phi) is 4.31. The minimum Gasteiger partial charge on any atom is -0.368 e. The minimum absolute atomic E-state index is 0.0994. The second kappa shape index (κ2) is 6.37. The van der Waals surface area contributed by atoms with E-state index in [1.165, 1.54) is 12.8 Å². The third kappa shape index (κ3) is 3.89. The van der Waals surface area contributed by atoms with E-state index in [1.807, 2.05) is 29.6 Å². The fourth-order valence-corrected chi connectivity index (χ4v) is 2.59. The molecule has 1 aliphatic carbocycles. The van der Waals surface area contributed by atoms with Crippen molar-refractivity contribution in [3.05, 3.63) is 35.8 Å². The summed E-state index contributed by atoms with van der Waals surface area (Å²) in [6.45, 7) is 2.49. The average Bonchev–Trinajstić information content (AvgIpc) is 3.17. The summed E-state index contributed by atoms with van der Waals surface area (Å²) in [6.07, 6.45) is 3.83. The molecule has 3 rings (SSSR count). The maximum Gasteiger partial charge on any atom is 0.253 e. The Labute approximate surface area is 128 Å². The van der Waals surface area contributed by atoms with E-state index in [4.69, 9.17) is 4.74 Å². The molecule has 1 aromatic heterocycles. The lowest BCUT2D eigenvalue weighted by atomic mass is 10.2. The molecule has 1 N–H and O–H groups in total. The summed E-state index contributed by atoms with van der Waals surface area (Å²) in [5.74, 6) is 0.565. The molecule has 1 fully saturated rings. The van der Waals surface area contributed by atoms with Crippen molar-refractivity contribution < 1.29 is 9.53 Å². The van der Waals surface area contributed by atoms with Gasteiger partial charge in [0.25, 0.3) is 5.91 Å². The number of aromatic nitrogens is 1. The van der Waals surface area contributed by atoms with Crippen LogP contribution in [-0.2, 0) is 9.53 Å². The number of rotatable bonds is 6. The Hall–Kier alpha value is -1.72. The van der Waals surface area contributed by atoms with E-state index in [0.717, 1.165) is 16.3 Å². The van der Waals surface area contributed by atoms with Gasteiger partial charge in [-0.15, -0.1) is 11.3 Å². The van der Waals surface area contributed by atoms with Gasteiger partial charge in [-0.05, 0) is 49.9 Å². The zero-order valence-corrected chi connectivity index (χ0v) is 12.7. The molecule has 1 aliphatic rings. The molecule has 21 heavy (non-hydrogen) atoms. The Morgan fingerprint density at radius 1 is 1.43 bits per heavy atom. The number of carbonyl (C=O) groups is 1. The van der Waals surface area contributed by atoms with Gasteiger partial charge in [0.1, 0.15) is 11.1 Å². The van der Waals surface area contributed by atoms with Crippen molar-refractivity contribution in [3.63, 3.8) is 0 Å². The molecule has 0 unspecified atom stereocenters. The lowest BCUT2D eigenvalue weighted by Gasteiger charge is -2.13. The predicted octanol–water partition coefficient (Wildman–Crippen LogP) is 3.56. The van der Waals surface area contributed by atoms with E-state index in [1.54, 1.807) is 24.5 Å². The second-order valence-electron chi connectivity index (χ2n) is 5.32. The summed E-state index contributed by atoms with van der Waals surface area (Å²) in [7, 11) is 0. The van der Waals surface area contributed by atoms with Crippen LogP contribution in [0.4, 0.5) is 5.69 Å². The predicted molar refractivity (Wildman–Crippen MR) is 84.3 cm³/mol. The van der Waals surface area contributed by atoms with Gasteiger partial charge in [0, 0.05) is 22.8 Å². The molecule has 2 aromatic rings. The van der Waals surface area contributed by atoms with Gasteiger partial charge in [0.15, 0.2) is 0 Å². The molecule has 0 spiro atoms. The summed E-state index contributed by atoms with van der Waals surface area (Å²) in [5.41, 5.74) is 1.84. The van der Waals surface area contributed by atoms with Crippen LogP contribution in [0.25, 0.3) is 10.6 Å². The molecule has 0 aliphatic heterocycles. The summed E-state index contributed by atoms with van der Waals surface area (Å²) in [6, 6.07) is 7.71. The summed E-state index contributed by atoms with van der Waals surface area (Å²) in [4.78, 5) is 16.3. The Morgan fingerprint density at radius 2 is 2.19 bits per heavy atom. The van der Waals surface area contributed by atoms with E-state index in [2.05, 4.69) is 10.3 Å². The number of hydrogen-bond donors (Lipinski definition) is 1. The highest BCUT2D eigenvalue weighted by molar-refractivity contribution is 7.13. The normalized spacial score (nSPS) is 15.7. The van der Waals surface area contributed by atoms with Crippen LogP contribution in [0.15, 0.2) is 35.8 Å². The van der Waals surface area contributed by atoms with Crippen LogP contribution >= 0.6 is 11.3 Å². The van der Waals surface area contributed by atoms with Crippen LogP contribution in [0, 0.1) is 5.92 Å². The van der Waals surface area contributed by atoms with Crippen LogP contribution in [-0.4, -0.2) is 23.6 Å². The number of thiazole rings is 1. The van der Waals surface area contributed by atoms with Gasteiger partial charge < -0.3 is 10.1 Å². The molecule has 110 valence electrons. The first-order valence-electron chi connectivity index (χ1n) is 7.15. The number of amides is 1.